The highest BCUT2D eigenvalue weighted by atomic mass is 16.9. The monoisotopic (exact) mass is 474 g/mol. The molecule has 35 heavy (non-hydrogen) atoms. The van der Waals surface area contributed by atoms with E-state index in [9.17, 15) is 0 Å². The zero-order chi connectivity index (χ0) is 24.8. The van der Waals surface area contributed by atoms with Gasteiger partial charge in [0.05, 0.1) is 5.92 Å². The minimum atomic E-state index is -1.30. The van der Waals surface area contributed by atoms with Gasteiger partial charge in [-0.05, 0) is 48.7 Å². The smallest absolute Gasteiger partial charge is 0.420 e. The van der Waals surface area contributed by atoms with E-state index in [2.05, 4.69) is 20.8 Å². The third-order valence-corrected chi connectivity index (χ3v) is 6.66. The first kappa shape index (κ1) is 26.7. The van der Waals surface area contributed by atoms with E-state index in [0.29, 0.717) is 5.92 Å². The molecule has 3 rings (SSSR count). The van der Waals surface area contributed by atoms with Crippen molar-refractivity contribution in [3.05, 3.63) is 91.0 Å². The Morgan fingerprint density at radius 3 is 1.37 bits per heavy atom. The normalized spacial score (nSPS) is 13.1. The van der Waals surface area contributed by atoms with Crippen molar-refractivity contribution in [1.29, 1.82) is 0 Å². The summed E-state index contributed by atoms with van der Waals surface area (Å²) >= 11 is 0. The van der Waals surface area contributed by atoms with Gasteiger partial charge in [-0.1, -0.05) is 120 Å². The lowest BCUT2D eigenvalue weighted by Gasteiger charge is -2.42. The van der Waals surface area contributed by atoms with Gasteiger partial charge in [0.25, 0.3) is 0 Å². The molecule has 0 fully saturated rings. The van der Waals surface area contributed by atoms with Crippen LogP contribution in [0.15, 0.2) is 91.0 Å². The summed E-state index contributed by atoms with van der Waals surface area (Å²) < 4.78 is 20.2. The van der Waals surface area contributed by atoms with Gasteiger partial charge in [-0.2, -0.15) is 0 Å². The molecule has 0 N–H and O–H groups in total. The average Bonchev–Trinajstić information content (AvgIpc) is 2.89. The molecule has 0 amide bonds. The van der Waals surface area contributed by atoms with Gasteiger partial charge < -0.3 is 14.2 Å². The number of para-hydroxylation sites is 3. The lowest BCUT2D eigenvalue weighted by atomic mass is 9.84. The quantitative estimate of drug-likeness (QED) is 0.153. The van der Waals surface area contributed by atoms with Crippen molar-refractivity contribution >= 4 is 0 Å². The molecule has 0 aromatic heterocycles. The standard InChI is InChI=1S/C32H42O3/c1-4-6-7-8-9-19-26-31(27(3)5-2)32(33-28-20-13-10-14-21-28,34-29-22-15-11-16-23-29)35-30-24-17-12-18-25-30/h10-18,20-25,27,31H,4-9,19,26H2,1-3H3. The van der Waals surface area contributed by atoms with Crippen molar-refractivity contribution in [3.63, 3.8) is 0 Å². The summed E-state index contributed by atoms with van der Waals surface area (Å²) in [5.74, 6) is 1.26. The average molecular weight is 475 g/mol. The van der Waals surface area contributed by atoms with E-state index in [4.69, 9.17) is 14.2 Å². The van der Waals surface area contributed by atoms with Crippen molar-refractivity contribution < 1.29 is 14.2 Å². The van der Waals surface area contributed by atoms with Crippen LogP contribution in [0.2, 0.25) is 0 Å². The number of hydrogen-bond acceptors (Lipinski definition) is 3. The lowest BCUT2D eigenvalue weighted by molar-refractivity contribution is -0.295. The van der Waals surface area contributed by atoms with Gasteiger partial charge in [0.1, 0.15) is 17.2 Å². The molecule has 3 nitrogen and oxygen atoms in total. The van der Waals surface area contributed by atoms with Crippen LogP contribution in [-0.2, 0) is 0 Å². The van der Waals surface area contributed by atoms with E-state index < -0.39 is 5.97 Å². The van der Waals surface area contributed by atoms with Crippen LogP contribution in [0.5, 0.6) is 17.2 Å². The number of hydrogen-bond donors (Lipinski definition) is 0. The fraction of sp³-hybridized carbons (Fsp3) is 0.438. The molecule has 3 aromatic carbocycles. The predicted octanol–water partition coefficient (Wildman–Crippen LogP) is 9.29. The van der Waals surface area contributed by atoms with Gasteiger partial charge in [-0.3, -0.25) is 0 Å². The largest absolute Gasteiger partial charge is 0.420 e. The molecule has 0 bridgehead atoms. The Hall–Kier alpha value is -2.94. The Bertz CT molecular complexity index is 825. The highest BCUT2D eigenvalue weighted by Gasteiger charge is 2.49. The molecule has 3 aromatic rings. The first-order chi connectivity index (χ1) is 17.2. The molecule has 0 spiro atoms. The van der Waals surface area contributed by atoms with E-state index in [-0.39, 0.29) is 5.92 Å². The molecular weight excluding hydrogens is 432 g/mol. The maximum Gasteiger partial charge on any atom is 0.420 e. The van der Waals surface area contributed by atoms with Crippen LogP contribution in [-0.4, -0.2) is 5.97 Å². The van der Waals surface area contributed by atoms with Gasteiger partial charge >= 0.3 is 5.97 Å². The third kappa shape index (κ3) is 8.35. The molecule has 0 heterocycles. The van der Waals surface area contributed by atoms with E-state index in [1.54, 1.807) is 0 Å². The summed E-state index contributed by atoms with van der Waals surface area (Å²) in [5, 5.41) is 0. The Morgan fingerprint density at radius 2 is 0.971 bits per heavy atom. The second-order valence-electron chi connectivity index (χ2n) is 9.40. The zero-order valence-corrected chi connectivity index (χ0v) is 21.7. The van der Waals surface area contributed by atoms with Crippen molar-refractivity contribution in [2.24, 2.45) is 11.8 Å². The van der Waals surface area contributed by atoms with Gasteiger partial charge in [0.15, 0.2) is 0 Å². The molecule has 0 aliphatic rings. The highest BCUT2D eigenvalue weighted by Crippen LogP contribution is 2.39. The number of rotatable bonds is 16. The number of unbranched alkanes of at least 4 members (excludes halogenated alkanes) is 5. The molecule has 0 saturated carbocycles. The van der Waals surface area contributed by atoms with Crippen LogP contribution in [0.25, 0.3) is 0 Å². The fourth-order valence-electron chi connectivity index (χ4n) is 4.49. The van der Waals surface area contributed by atoms with E-state index in [1.807, 2.05) is 91.0 Å². The SMILES string of the molecule is CCCCCCCCC(C(C)CC)C(Oc1ccccc1)(Oc1ccccc1)Oc1ccccc1. The van der Waals surface area contributed by atoms with Crippen molar-refractivity contribution in [1.82, 2.24) is 0 Å². The summed E-state index contributed by atoms with van der Waals surface area (Å²) in [6.07, 6.45) is 9.46. The lowest BCUT2D eigenvalue weighted by Crippen LogP contribution is -2.56. The van der Waals surface area contributed by atoms with Gasteiger partial charge in [-0.15, -0.1) is 0 Å². The minimum absolute atomic E-state index is 0.0271. The topological polar surface area (TPSA) is 27.7 Å². The van der Waals surface area contributed by atoms with E-state index in [1.165, 1.54) is 32.1 Å². The highest BCUT2D eigenvalue weighted by molar-refractivity contribution is 5.26. The van der Waals surface area contributed by atoms with Crippen LogP contribution < -0.4 is 14.2 Å². The Labute approximate surface area is 212 Å². The Balaban J connectivity index is 1.99. The molecule has 188 valence electrons. The molecule has 0 aliphatic heterocycles. The maximum atomic E-state index is 6.75. The van der Waals surface area contributed by atoms with Gasteiger partial charge in [0, 0.05) is 0 Å². The van der Waals surface area contributed by atoms with Crippen LogP contribution in [0, 0.1) is 11.8 Å². The first-order valence-electron chi connectivity index (χ1n) is 13.4. The number of ether oxygens (including phenoxy) is 3. The Morgan fingerprint density at radius 1 is 0.571 bits per heavy atom. The summed E-state index contributed by atoms with van der Waals surface area (Å²) in [5.41, 5.74) is 0. The second kappa shape index (κ2) is 14.5. The maximum absolute atomic E-state index is 6.75. The van der Waals surface area contributed by atoms with Crippen molar-refractivity contribution in [3.8, 4) is 17.2 Å². The van der Waals surface area contributed by atoms with E-state index in [0.717, 1.165) is 36.5 Å². The first-order valence-corrected chi connectivity index (χ1v) is 13.4. The van der Waals surface area contributed by atoms with Gasteiger partial charge in [-0.25, -0.2) is 0 Å². The van der Waals surface area contributed by atoms with Crippen LogP contribution in [0.1, 0.15) is 72.1 Å². The van der Waals surface area contributed by atoms with Crippen molar-refractivity contribution in [2.75, 3.05) is 0 Å². The minimum Gasteiger partial charge on any atom is -0.420 e. The van der Waals surface area contributed by atoms with Crippen LogP contribution in [0.4, 0.5) is 0 Å². The molecule has 0 radical (unpaired) electrons. The third-order valence-electron chi connectivity index (χ3n) is 6.66. The fourth-order valence-corrected chi connectivity index (χ4v) is 4.49. The summed E-state index contributed by atoms with van der Waals surface area (Å²) in [6, 6.07) is 29.7. The van der Waals surface area contributed by atoms with Crippen molar-refractivity contribution in [2.45, 2.75) is 78.1 Å². The van der Waals surface area contributed by atoms with Crippen LogP contribution in [0.3, 0.4) is 0 Å². The molecule has 3 heteroatoms. The summed E-state index contributed by atoms with van der Waals surface area (Å²) in [4.78, 5) is 0. The van der Waals surface area contributed by atoms with Crippen LogP contribution >= 0.6 is 0 Å². The summed E-state index contributed by atoms with van der Waals surface area (Å²) in [7, 11) is 0. The molecule has 2 unspecified atom stereocenters. The summed E-state index contributed by atoms with van der Waals surface area (Å²) in [6.45, 7) is 6.78. The van der Waals surface area contributed by atoms with Gasteiger partial charge in [0.2, 0.25) is 0 Å². The Kier molecular flexibility index (Phi) is 11.0. The molecule has 0 aliphatic carbocycles. The number of benzene rings is 3. The van der Waals surface area contributed by atoms with E-state index >= 15 is 0 Å². The molecule has 2 atom stereocenters. The zero-order valence-electron chi connectivity index (χ0n) is 21.7. The second-order valence-corrected chi connectivity index (χ2v) is 9.40. The molecule has 0 saturated heterocycles. The predicted molar refractivity (Wildman–Crippen MR) is 145 cm³/mol. The molecular formula is C32H42O3.